The summed E-state index contributed by atoms with van der Waals surface area (Å²) in [5.41, 5.74) is -0.825. The van der Waals surface area contributed by atoms with E-state index in [1.54, 1.807) is 13.8 Å². The molecular formula is C13H21F3N2O. The zero-order chi connectivity index (χ0) is 14.3. The predicted octanol–water partition coefficient (Wildman–Crippen LogP) is 2.32. The minimum atomic E-state index is -4.34. The average molecular weight is 278 g/mol. The Kier molecular flexibility index (Phi) is 3.82. The minimum Gasteiger partial charge on any atom is -0.329 e. The van der Waals surface area contributed by atoms with Gasteiger partial charge < -0.3 is 10.2 Å². The van der Waals surface area contributed by atoms with Gasteiger partial charge in [0.05, 0.1) is 5.54 Å². The Labute approximate surface area is 111 Å². The largest absolute Gasteiger partial charge is 0.406 e. The fraction of sp³-hybridized carbons (Fsp3) is 0.923. The Bertz CT molecular complexity index is 346. The maximum absolute atomic E-state index is 12.7. The molecule has 1 N–H and O–H groups in total. The first kappa shape index (κ1) is 14.6. The molecule has 1 amide bonds. The molecule has 3 nitrogen and oxygen atoms in total. The van der Waals surface area contributed by atoms with Gasteiger partial charge in [0.25, 0.3) is 0 Å². The summed E-state index contributed by atoms with van der Waals surface area (Å²) >= 11 is 0. The predicted molar refractivity (Wildman–Crippen MR) is 65.6 cm³/mol. The molecule has 1 saturated heterocycles. The molecule has 2 fully saturated rings. The van der Waals surface area contributed by atoms with Crippen LogP contribution in [0.15, 0.2) is 0 Å². The lowest BCUT2D eigenvalue weighted by atomic mass is 9.97. The van der Waals surface area contributed by atoms with Crippen LogP contribution in [0.1, 0.15) is 39.5 Å². The summed E-state index contributed by atoms with van der Waals surface area (Å²) in [4.78, 5) is 13.5. The number of alkyl halides is 3. The SMILES string of the molecule is CC(C1CC1)N(CC(F)(F)F)C(=O)C1(C)CCCN1. The fourth-order valence-corrected chi connectivity index (χ4v) is 2.82. The smallest absolute Gasteiger partial charge is 0.329 e. The molecule has 0 aromatic heterocycles. The summed E-state index contributed by atoms with van der Waals surface area (Å²) in [6, 6.07) is -0.326. The van der Waals surface area contributed by atoms with Gasteiger partial charge in [0.15, 0.2) is 0 Å². The van der Waals surface area contributed by atoms with E-state index >= 15 is 0 Å². The second-order valence-electron chi connectivity index (χ2n) is 5.99. The summed E-state index contributed by atoms with van der Waals surface area (Å²) in [5, 5.41) is 3.05. The van der Waals surface area contributed by atoms with E-state index in [1.807, 2.05) is 0 Å². The van der Waals surface area contributed by atoms with Gasteiger partial charge in [0, 0.05) is 6.04 Å². The number of carbonyl (C=O) groups excluding carboxylic acids is 1. The van der Waals surface area contributed by atoms with E-state index in [9.17, 15) is 18.0 Å². The third-order valence-electron chi connectivity index (χ3n) is 4.25. The van der Waals surface area contributed by atoms with E-state index in [1.165, 1.54) is 0 Å². The van der Waals surface area contributed by atoms with Crippen LogP contribution in [0.4, 0.5) is 13.2 Å². The van der Waals surface area contributed by atoms with Crippen LogP contribution in [0.25, 0.3) is 0 Å². The first-order valence-electron chi connectivity index (χ1n) is 6.86. The van der Waals surface area contributed by atoms with E-state index < -0.39 is 24.2 Å². The van der Waals surface area contributed by atoms with E-state index in [0.717, 1.165) is 24.2 Å². The summed E-state index contributed by atoms with van der Waals surface area (Å²) < 4.78 is 38.1. The molecular weight excluding hydrogens is 257 g/mol. The van der Waals surface area contributed by atoms with Crippen molar-refractivity contribution in [1.82, 2.24) is 10.2 Å². The fourth-order valence-electron chi connectivity index (χ4n) is 2.82. The van der Waals surface area contributed by atoms with Crippen molar-refractivity contribution in [3.63, 3.8) is 0 Å². The lowest BCUT2D eigenvalue weighted by Gasteiger charge is -2.36. The van der Waals surface area contributed by atoms with Crippen LogP contribution in [0.5, 0.6) is 0 Å². The monoisotopic (exact) mass is 278 g/mol. The Hall–Kier alpha value is -0.780. The van der Waals surface area contributed by atoms with Crippen LogP contribution < -0.4 is 5.32 Å². The van der Waals surface area contributed by atoms with Crippen LogP contribution in [0.2, 0.25) is 0 Å². The lowest BCUT2D eigenvalue weighted by Crippen LogP contribution is -2.57. The van der Waals surface area contributed by atoms with Crippen molar-refractivity contribution < 1.29 is 18.0 Å². The van der Waals surface area contributed by atoms with Crippen molar-refractivity contribution in [3.05, 3.63) is 0 Å². The molecule has 1 aliphatic heterocycles. The third kappa shape index (κ3) is 3.41. The summed E-state index contributed by atoms with van der Waals surface area (Å²) in [5.74, 6) is -0.168. The highest BCUT2D eigenvalue weighted by molar-refractivity contribution is 5.86. The van der Waals surface area contributed by atoms with Gasteiger partial charge in [-0.05, 0) is 52.0 Å². The topological polar surface area (TPSA) is 32.3 Å². The lowest BCUT2D eigenvalue weighted by molar-refractivity contribution is -0.169. The molecule has 0 radical (unpaired) electrons. The maximum Gasteiger partial charge on any atom is 0.406 e. The van der Waals surface area contributed by atoms with Gasteiger partial charge in [-0.3, -0.25) is 4.79 Å². The first-order valence-corrected chi connectivity index (χ1v) is 6.86. The molecule has 2 atom stereocenters. The van der Waals surface area contributed by atoms with E-state index in [-0.39, 0.29) is 12.0 Å². The number of nitrogens with zero attached hydrogens (tertiary/aromatic N) is 1. The van der Waals surface area contributed by atoms with Gasteiger partial charge in [-0.2, -0.15) is 13.2 Å². The van der Waals surface area contributed by atoms with Crippen molar-refractivity contribution in [2.75, 3.05) is 13.1 Å². The van der Waals surface area contributed by atoms with Gasteiger partial charge in [-0.15, -0.1) is 0 Å². The molecule has 6 heteroatoms. The normalized spacial score (nSPS) is 29.3. The van der Waals surface area contributed by atoms with Crippen molar-refractivity contribution in [3.8, 4) is 0 Å². The summed E-state index contributed by atoms with van der Waals surface area (Å²) in [6.07, 6.45) is -1.05. The summed E-state index contributed by atoms with van der Waals surface area (Å²) in [6.45, 7) is 3.01. The molecule has 0 aromatic rings. The second kappa shape index (κ2) is 4.96. The van der Waals surface area contributed by atoms with Crippen molar-refractivity contribution in [1.29, 1.82) is 0 Å². The molecule has 1 saturated carbocycles. The molecule has 2 rings (SSSR count). The molecule has 0 aromatic carbocycles. The van der Waals surface area contributed by atoms with Crippen LogP contribution in [0, 0.1) is 5.92 Å². The Morgan fingerprint density at radius 2 is 2.11 bits per heavy atom. The van der Waals surface area contributed by atoms with E-state index in [2.05, 4.69) is 5.32 Å². The minimum absolute atomic E-state index is 0.233. The van der Waals surface area contributed by atoms with Crippen molar-refractivity contribution >= 4 is 5.91 Å². The van der Waals surface area contributed by atoms with Gasteiger partial charge in [0.2, 0.25) is 5.91 Å². The number of rotatable bonds is 4. The number of hydrogen-bond donors (Lipinski definition) is 1. The number of nitrogens with one attached hydrogen (secondary N) is 1. The average Bonchev–Trinajstić information content (AvgIpc) is 3.06. The molecule has 1 heterocycles. The molecule has 2 aliphatic rings. The summed E-state index contributed by atoms with van der Waals surface area (Å²) in [7, 11) is 0. The van der Waals surface area contributed by atoms with Crippen LogP contribution >= 0.6 is 0 Å². The van der Waals surface area contributed by atoms with Gasteiger partial charge in [-0.1, -0.05) is 0 Å². The van der Waals surface area contributed by atoms with Crippen molar-refractivity contribution in [2.45, 2.75) is 57.3 Å². The highest BCUT2D eigenvalue weighted by Gasteiger charge is 2.46. The maximum atomic E-state index is 12.7. The standard InChI is InChI=1S/C13H21F3N2O/c1-9(10-4-5-10)18(8-13(14,15)16)11(19)12(2)6-3-7-17-12/h9-10,17H,3-8H2,1-2H3. The zero-order valence-electron chi connectivity index (χ0n) is 11.4. The molecule has 2 unspecified atom stereocenters. The van der Waals surface area contributed by atoms with Crippen LogP contribution in [0.3, 0.4) is 0 Å². The van der Waals surface area contributed by atoms with E-state index in [4.69, 9.17) is 0 Å². The zero-order valence-corrected chi connectivity index (χ0v) is 11.4. The van der Waals surface area contributed by atoms with Gasteiger partial charge >= 0.3 is 6.18 Å². The second-order valence-corrected chi connectivity index (χ2v) is 5.99. The number of hydrogen-bond acceptors (Lipinski definition) is 2. The number of amides is 1. The number of carbonyl (C=O) groups is 1. The Morgan fingerprint density at radius 1 is 1.47 bits per heavy atom. The van der Waals surface area contributed by atoms with Crippen LogP contribution in [-0.2, 0) is 4.79 Å². The Balaban J connectivity index is 2.13. The van der Waals surface area contributed by atoms with Crippen LogP contribution in [-0.4, -0.2) is 41.7 Å². The first-order chi connectivity index (χ1) is 8.73. The van der Waals surface area contributed by atoms with Gasteiger partial charge in [-0.25, -0.2) is 0 Å². The molecule has 110 valence electrons. The molecule has 19 heavy (non-hydrogen) atoms. The van der Waals surface area contributed by atoms with Crippen molar-refractivity contribution in [2.24, 2.45) is 5.92 Å². The quantitative estimate of drug-likeness (QED) is 0.856. The molecule has 1 aliphatic carbocycles. The molecule has 0 bridgehead atoms. The Morgan fingerprint density at radius 3 is 2.53 bits per heavy atom. The molecule has 0 spiro atoms. The number of halogens is 3. The highest BCUT2D eigenvalue weighted by Crippen LogP contribution is 2.37. The van der Waals surface area contributed by atoms with E-state index in [0.29, 0.717) is 13.0 Å². The van der Waals surface area contributed by atoms with Gasteiger partial charge in [0.1, 0.15) is 6.54 Å². The third-order valence-corrected chi connectivity index (χ3v) is 4.25. The highest BCUT2D eigenvalue weighted by atomic mass is 19.4.